The molecule has 0 saturated heterocycles. The zero-order valence-electron chi connectivity index (χ0n) is 8.48. The van der Waals surface area contributed by atoms with E-state index in [0.717, 1.165) is 0 Å². The topological polar surface area (TPSA) is 87.7 Å². The highest BCUT2D eigenvalue weighted by Gasteiger charge is 2.12. The number of nitrogens with one attached hydrogen (secondary N) is 2. The third-order valence-electron chi connectivity index (χ3n) is 1.95. The highest BCUT2D eigenvalue weighted by Crippen LogP contribution is 2.14. The van der Waals surface area contributed by atoms with Crippen molar-refractivity contribution in [1.29, 1.82) is 0 Å². The highest BCUT2D eigenvalue weighted by atomic mass is 35.5. The quantitative estimate of drug-likeness (QED) is 0.835. The molecule has 0 fully saturated rings. The van der Waals surface area contributed by atoms with Crippen LogP contribution in [0.5, 0.6) is 0 Å². The minimum atomic E-state index is -0.589. The predicted octanol–water partition coefficient (Wildman–Crippen LogP) is 1.07. The highest BCUT2D eigenvalue weighted by molar-refractivity contribution is 6.32. The fourth-order valence-corrected chi connectivity index (χ4v) is 1.33. The Kier molecular flexibility index (Phi) is 3.15. The van der Waals surface area contributed by atoms with E-state index in [1.54, 1.807) is 0 Å². The standard InChI is InChI=1S/C10H7ClN4O2/c11-8-9(14-4-3-13-8)15-10(17)6-5-12-2-1-7(6)16/h1-5H,(H,12,16)(H,14,15,17). The van der Waals surface area contributed by atoms with E-state index < -0.39 is 5.91 Å². The van der Waals surface area contributed by atoms with Crippen molar-refractivity contribution in [2.75, 3.05) is 5.32 Å². The van der Waals surface area contributed by atoms with Crippen molar-refractivity contribution in [3.8, 4) is 0 Å². The Labute approximate surface area is 101 Å². The zero-order chi connectivity index (χ0) is 12.3. The van der Waals surface area contributed by atoms with Gasteiger partial charge in [-0.25, -0.2) is 9.97 Å². The van der Waals surface area contributed by atoms with E-state index in [0.29, 0.717) is 0 Å². The van der Waals surface area contributed by atoms with Gasteiger partial charge in [0.15, 0.2) is 16.4 Å². The number of aromatic nitrogens is 3. The van der Waals surface area contributed by atoms with E-state index in [1.165, 1.54) is 30.9 Å². The molecule has 2 aromatic rings. The number of aromatic amines is 1. The molecule has 2 N–H and O–H groups in total. The lowest BCUT2D eigenvalue weighted by molar-refractivity contribution is 0.102. The van der Waals surface area contributed by atoms with Gasteiger partial charge in [-0.3, -0.25) is 9.59 Å². The molecule has 0 aliphatic heterocycles. The van der Waals surface area contributed by atoms with Crippen molar-refractivity contribution < 1.29 is 4.79 Å². The van der Waals surface area contributed by atoms with Gasteiger partial charge >= 0.3 is 0 Å². The summed E-state index contributed by atoms with van der Waals surface area (Å²) in [6.07, 6.45) is 5.53. The van der Waals surface area contributed by atoms with E-state index >= 15 is 0 Å². The summed E-state index contributed by atoms with van der Waals surface area (Å²) in [6.45, 7) is 0. The second-order valence-corrected chi connectivity index (χ2v) is 3.43. The van der Waals surface area contributed by atoms with Gasteiger partial charge in [0, 0.05) is 30.9 Å². The Morgan fingerprint density at radius 1 is 1.35 bits per heavy atom. The number of H-pyrrole nitrogens is 1. The molecule has 2 aromatic heterocycles. The molecule has 2 rings (SSSR count). The van der Waals surface area contributed by atoms with Gasteiger partial charge in [0.1, 0.15) is 5.56 Å². The summed E-state index contributed by atoms with van der Waals surface area (Å²) in [4.78, 5) is 33.4. The Morgan fingerprint density at radius 2 is 2.12 bits per heavy atom. The van der Waals surface area contributed by atoms with Crippen molar-refractivity contribution in [3.05, 3.63) is 51.8 Å². The van der Waals surface area contributed by atoms with E-state index in [1.807, 2.05) is 0 Å². The summed E-state index contributed by atoms with van der Waals surface area (Å²) in [5, 5.41) is 2.47. The lowest BCUT2D eigenvalue weighted by Gasteiger charge is -2.03. The van der Waals surface area contributed by atoms with Crippen LogP contribution in [-0.4, -0.2) is 20.9 Å². The monoisotopic (exact) mass is 250 g/mol. The Morgan fingerprint density at radius 3 is 2.82 bits per heavy atom. The van der Waals surface area contributed by atoms with E-state index in [9.17, 15) is 9.59 Å². The Balaban J connectivity index is 2.27. The van der Waals surface area contributed by atoms with Gasteiger partial charge in [-0.05, 0) is 0 Å². The first-order valence-corrected chi connectivity index (χ1v) is 5.01. The van der Waals surface area contributed by atoms with Crippen LogP contribution in [0.15, 0.2) is 35.6 Å². The number of pyridine rings is 1. The lowest BCUT2D eigenvalue weighted by atomic mass is 10.2. The summed E-state index contributed by atoms with van der Waals surface area (Å²) >= 11 is 5.72. The van der Waals surface area contributed by atoms with Crippen LogP contribution in [0.25, 0.3) is 0 Å². The van der Waals surface area contributed by atoms with Crippen LogP contribution in [0.4, 0.5) is 5.82 Å². The summed E-state index contributed by atoms with van der Waals surface area (Å²) in [6, 6.07) is 1.26. The van der Waals surface area contributed by atoms with Crippen LogP contribution >= 0.6 is 11.6 Å². The molecule has 0 aliphatic rings. The van der Waals surface area contributed by atoms with Crippen LogP contribution in [-0.2, 0) is 0 Å². The average molecular weight is 251 g/mol. The Bertz CT molecular complexity index is 611. The number of amides is 1. The molecule has 6 nitrogen and oxygen atoms in total. The number of hydrogen-bond acceptors (Lipinski definition) is 4. The van der Waals surface area contributed by atoms with Crippen LogP contribution in [0.2, 0.25) is 5.15 Å². The third-order valence-corrected chi connectivity index (χ3v) is 2.23. The smallest absolute Gasteiger partial charge is 0.262 e. The molecule has 7 heteroatoms. The first-order valence-electron chi connectivity index (χ1n) is 4.63. The summed E-state index contributed by atoms with van der Waals surface area (Å²) < 4.78 is 0. The molecular weight excluding hydrogens is 244 g/mol. The van der Waals surface area contributed by atoms with Crippen molar-refractivity contribution in [2.45, 2.75) is 0 Å². The maximum Gasteiger partial charge on any atom is 0.262 e. The van der Waals surface area contributed by atoms with Gasteiger partial charge < -0.3 is 10.3 Å². The molecular formula is C10H7ClN4O2. The van der Waals surface area contributed by atoms with Crippen LogP contribution in [0.3, 0.4) is 0 Å². The molecule has 0 atom stereocenters. The second-order valence-electron chi connectivity index (χ2n) is 3.07. The van der Waals surface area contributed by atoms with Crippen molar-refractivity contribution in [1.82, 2.24) is 15.0 Å². The van der Waals surface area contributed by atoms with E-state index in [-0.39, 0.29) is 22.0 Å². The maximum atomic E-state index is 11.7. The fraction of sp³-hybridized carbons (Fsp3) is 0. The molecule has 17 heavy (non-hydrogen) atoms. The third kappa shape index (κ3) is 2.48. The van der Waals surface area contributed by atoms with Gasteiger partial charge in [0.25, 0.3) is 5.91 Å². The molecule has 0 spiro atoms. The first kappa shape index (κ1) is 11.3. The zero-order valence-corrected chi connectivity index (χ0v) is 9.23. The molecule has 0 radical (unpaired) electrons. The van der Waals surface area contributed by atoms with Crippen molar-refractivity contribution in [2.24, 2.45) is 0 Å². The van der Waals surface area contributed by atoms with Gasteiger partial charge in [0.05, 0.1) is 0 Å². The molecule has 1 amide bonds. The SMILES string of the molecule is O=C(Nc1nccnc1Cl)c1c[nH]ccc1=O. The molecule has 2 heterocycles. The average Bonchev–Trinajstić information content (AvgIpc) is 2.32. The fourth-order valence-electron chi connectivity index (χ4n) is 1.17. The summed E-state index contributed by atoms with van der Waals surface area (Å²) in [7, 11) is 0. The van der Waals surface area contributed by atoms with Gasteiger partial charge in [-0.1, -0.05) is 11.6 Å². The largest absolute Gasteiger partial charge is 0.367 e. The van der Waals surface area contributed by atoms with Gasteiger partial charge in [-0.15, -0.1) is 0 Å². The minimum absolute atomic E-state index is 0.0192. The van der Waals surface area contributed by atoms with Gasteiger partial charge in [-0.2, -0.15) is 0 Å². The normalized spacial score (nSPS) is 9.94. The van der Waals surface area contributed by atoms with E-state index in [2.05, 4.69) is 20.3 Å². The lowest BCUT2D eigenvalue weighted by Crippen LogP contribution is -2.21. The second kappa shape index (κ2) is 4.75. The minimum Gasteiger partial charge on any atom is -0.367 e. The number of rotatable bonds is 2. The number of nitrogens with zero attached hydrogens (tertiary/aromatic N) is 2. The Hall–Kier alpha value is -2.21. The first-order chi connectivity index (χ1) is 8.18. The number of halogens is 1. The van der Waals surface area contributed by atoms with Crippen LogP contribution < -0.4 is 10.7 Å². The predicted molar refractivity (Wildman–Crippen MR) is 62.1 cm³/mol. The van der Waals surface area contributed by atoms with Crippen molar-refractivity contribution >= 4 is 23.3 Å². The molecule has 86 valence electrons. The summed E-state index contributed by atoms with van der Waals surface area (Å²) in [5.41, 5.74) is -0.407. The molecule has 0 unspecified atom stereocenters. The number of carbonyl (C=O) groups excluding carboxylic acids is 1. The number of carbonyl (C=O) groups is 1. The van der Waals surface area contributed by atoms with E-state index in [4.69, 9.17) is 11.6 Å². The molecule has 0 saturated carbocycles. The van der Waals surface area contributed by atoms with Crippen molar-refractivity contribution in [3.63, 3.8) is 0 Å². The van der Waals surface area contributed by atoms with Crippen LogP contribution in [0, 0.1) is 0 Å². The molecule has 0 aliphatic carbocycles. The number of anilines is 1. The number of hydrogen-bond donors (Lipinski definition) is 2. The molecule has 0 bridgehead atoms. The van der Waals surface area contributed by atoms with Crippen LogP contribution in [0.1, 0.15) is 10.4 Å². The molecule has 0 aromatic carbocycles. The maximum absolute atomic E-state index is 11.7. The summed E-state index contributed by atoms with van der Waals surface area (Å²) in [5.74, 6) is -0.475. The van der Waals surface area contributed by atoms with Gasteiger partial charge in [0.2, 0.25) is 0 Å².